The Kier molecular flexibility index (Phi) is 4.65. The summed E-state index contributed by atoms with van der Waals surface area (Å²) >= 11 is 4.66. The first-order chi connectivity index (χ1) is 6.57. The van der Waals surface area contributed by atoms with Crippen LogP contribution in [0.15, 0.2) is 8.68 Å². The average Bonchev–Trinajstić information content (AvgIpc) is 2.63. The maximum atomic E-state index is 8.95. The highest BCUT2D eigenvalue weighted by Crippen LogP contribution is 2.28. The predicted molar refractivity (Wildman–Crippen MR) is 62.1 cm³/mol. The van der Waals surface area contributed by atoms with Gasteiger partial charge in [-0.05, 0) is 13.2 Å². The summed E-state index contributed by atoms with van der Waals surface area (Å²) in [5, 5.41) is 16.9. The topological polar surface area (TPSA) is 72.0 Å². The van der Waals surface area contributed by atoms with Crippen molar-refractivity contribution in [2.24, 2.45) is 5.73 Å². The van der Waals surface area contributed by atoms with E-state index in [-0.39, 0.29) is 6.61 Å². The van der Waals surface area contributed by atoms with E-state index in [1.807, 2.05) is 13.2 Å². The van der Waals surface area contributed by atoms with Gasteiger partial charge in [-0.15, -0.1) is 10.2 Å². The molecule has 0 aliphatic rings. The van der Waals surface area contributed by atoms with Gasteiger partial charge in [0.15, 0.2) is 8.68 Å². The molecule has 0 saturated heterocycles. The van der Waals surface area contributed by atoms with Crippen molar-refractivity contribution in [1.29, 1.82) is 0 Å². The molecule has 0 bridgehead atoms. The van der Waals surface area contributed by atoms with E-state index in [9.17, 15) is 0 Å². The molecule has 1 unspecified atom stereocenters. The van der Waals surface area contributed by atoms with E-state index in [1.54, 1.807) is 23.1 Å². The van der Waals surface area contributed by atoms with Gasteiger partial charge < -0.3 is 10.8 Å². The van der Waals surface area contributed by atoms with Crippen LogP contribution in [0, 0.1) is 0 Å². The molecule has 0 aliphatic carbocycles. The minimum Gasteiger partial charge on any atom is -0.394 e. The molecule has 0 saturated carbocycles. The van der Waals surface area contributed by atoms with Crippen molar-refractivity contribution in [3.63, 3.8) is 0 Å². The molecule has 0 radical (unpaired) electrons. The first-order valence-corrected chi connectivity index (χ1v) is 7.00. The van der Waals surface area contributed by atoms with E-state index in [0.717, 1.165) is 8.68 Å². The minimum absolute atomic E-state index is 0.0197. The molecule has 1 heterocycles. The van der Waals surface area contributed by atoms with Gasteiger partial charge in [-0.1, -0.05) is 34.9 Å². The first-order valence-electron chi connectivity index (χ1n) is 3.97. The maximum absolute atomic E-state index is 8.95. The van der Waals surface area contributed by atoms with Crippen molar-refractivity contribution in [1.82, 2.24) is 10.2 Å². The maximum Gasteiger partial charge on any atom is 0.175 e. The molecule has 1 aromatic rings. The van der Waals surface area contributed by atoms with Crippen LogP contribution < -0.4 is 5.73 Å². The number of thioether (sulfide) groups is 2. The molecule has 0 amide bonds. The fraction of sp³-hybridized carbons (Fsp3) is 0.714. The van der Waals surface area contributed by atoms with Crippen LogP contribution in [0.2, 0.25) is 0 Å². The summed E-state index contributed by atoms with van der Waals surface area (Å²) < 4.78 is 1.86. The highest BCUT2D eigenvalue weighted by Gasteiger charge is 2.18. The molecule has 0 aromatic carbocycles. The lowest BCUT2D eigenvalue weighted by molar-refractivity contribution is 0.224. The molecule has 4 nitrogen and oxygen atoms in total. The van der Waals surface area contributed by atoms with Crippen LogP contribution >= 0.6 is 34.9 Å². The monoisotopic (exact) mass is 251 g/mol. The van der Waals surface area contributed by atoms with Gasteiger partial charge in [0.1, 0.15) is 0 Å². The van der Waals surface area contributed by atoms with Crippen LogP contribution in [0.5, 0.6) is 0 Å². The number of rotatable bonds is 5. The fourth-order valence-corrected chi connectivity index (χ4v) is 3.07. The third-order valence-electron chi connectivity index (χ3n) is 1.45. The number of aliphatic hydroxyl groups is 1. The van der Waals surface area contributed by atoms with Crippen LogP contribution in [0.25, 0.3) is 0 Å². The Balaban J connectivity index is 2.45. The van der Waals surface area contributed by atoms with Gasteiger partial charge in [-0.2, -0.15) is 0 Å². The van der Waals surface area contributed by atoms with Crippen LogP contribution in [0.3, 0.4) is 0 Å². The van der Waals surface area contributed by atoms with Crippen molar-refractivity contribution < 1.29 is 5.11 Å². The number of hydrogen-bond acceptors (Lipinski definition) is 7. The average molecular weight is 251 g/mol. The summed E-state index contributed by atoms with van der Waals surface area (Å²) in [5.74, 6) is 0.645. The SMILES string of the molecule is CSc1nnc(SCC(C)(N)CO)s1. The number of nitrogens with zero attached hydrogens (tertiary/aromatic N) is 2. The van der Waals surface area contributed by atoms with Crippen molar-refractivity contribution in [3.8, 4) is 0 Å². The predicted octanol–water partition coefficient (Wildman–Crippen LogP) is 1.06. The van der Waals surface area contributed by atoms with Crippen LogP contribution in [0.4, 0.5) is 0 Å². The molecule has 1 aromatic heterocycles. The van der Waals surface area contributed by atoms with Crippen molar-refractivity contribution in [3.05, 3.63) is 0 Å². The zero-order valence-electron chi connectivity index (χ0n) is 8.06. The summed E-state index contributed by atoms with van der Waals surface area (Å²) in [7, 11) is 0. The zero-order chi connectivity index (χ0) is 10.6. The third kappa shape index (κ3) is 3.74. The Bertz CT molecular complexity index is 289. The van der Waals surface area contributed by atoms with Crippen LogP contribution in [-0.4, -0.2) is 39.5 Å². The number of hydrogen-bond donors (Lipinski definition) is 2. The van der Waals surface area contributed by atoms with Gasteiger partial charge in [-0.3, -0.25) is 0 Å². The van der Waals surface area contributed by atoms with E-state index in [4.69, 9.17) is 10.8 Å². The number of nitrogens with two attached hydrogens (primary N) is 1. The Labute approximate surface area is 95.7 Å². The van der Waals surface area contributed by atoms with Gasteiger partial charge in [0.25, 0.3) is 0 Å². The molecule has 14 heavy (non-hydrogen) atoms. The summed E-state index contributed by atoms with van der Waals surface area (Å²) in [5.41, 5.74) is 5.24. The lowest BCUT2D eigenvalue weighted by Gasteiger charge is -2.19. The minimum atomic E-state index is -0.546. The Morgan fingerprint density at radius 1 is 1.50 bits per heavy atom. The fourth-order valence-electron chi connectivity index (χ4n) is 0.610. The van der Waals surface area contributed by atoms with E-state index in [2.05, 4.69) is 10.2 Å². The Morgan fingerprint density at radius 3 is 2.64 bits per heavy atom. The Hall–Kier alpha value is 0.180. The van der Waals surface area contributed by atoms with E-state index in [1.165, 1.54) is 11.8 Å². The molecule has 80 valence electrons. The molecule has 0 fully saturated rings. The summed E-state index contributed by atoms with van der Waals surface area (Å²) in [6, 6.07) is 0. The largest absolute Gasteiger partial charge is 0.394 e. The van der Waals surface area contributed by atoms with Crippen molar-refractivity contribution in [2.45, 2.75) is 21.1 Å². The number of aromatic nitrogens is 2. The molecule has 1 rings (SSSR count). The number of aliphatic hydroxyl groups excluding tert-OH is 1. The lowest BCUT2D eigenvalue weighted by Crippen LogP contribution is -2.42. The van der Waals surface area contributed by atoms with E-state index < -0.39 is 5.54 Å². The standard InChI is InChI=1S/C7H13N3OS3/c1-7(8,3-11)4-13-6-10-9-5(12-2)14-6/h11H,3-4,8H2,1-2H3. The highest BCUT2D eigenvalue weighted by atomic mass is 32.2. The first kappa shape index (κ1) is 12.3. The van der Waals surface area contributed by atoms with E-state index in [0.29, 0.717) is 5.75 Å². The molecule has 0 aliphatic heterocycles. The highest BCUT2D eigenvalue weighted by molar-refractivity contribution is 8.03. The normalized spacial score (nSPS) is 15.4. The van der Waals surface area contributed by atoms with Gasteiger partial charge in [0, 0.05) is 11.3 Å². The quantitative estimate of drug-likeness (QED) is 0.763. The smallest absolute Gasteiger partial charge is 0.175 e. The molecular weight excluding hydrogens is 238 g/mol. The second kappa shape index (κ2) is 5.32. The second-order valence-corrected chi connectivity index (χ2v) is 6.39. The molecular formula is C7H13N3OS3. The van der Waals surface area contributed by atoms with Gasteiger partial charge in [-0.25, -0.2) is 0 Å². The van der Waals surface area contributed by atoms with E-state index >= 15 is 0 Å². The van der Waals surface area contributed by atoms with Gasteiger partial charge in [0.05, 0.1) is 6.61 Å². The second-order valence-electron chi connectivity index (χ2n) is 3.14. The van der Waals surface area contributed by atoms with Crippen LogP contribution in [0.1, 0.15) is 6.92 Å². The van der Waals surface area contributed by atoms with Gasteiger partial charge in [0.2, 0.25) is 0 Å². The molecule has 3 N–H and O–H groups in total. The van der Waals surface area contributed by atoms with Crippen molar-refractivity contribution in [2.75, 3.05) is 18.6 Å². The molecule has 0 spiro atoms. The summed E-state index contributed by atoms with van der Waals surface area (Å²) in [6.07, 6.45) is 1.97. The Morgan fingerprint density at radius 2 is 2.14 bits per heavy atom. The summed E-state index contributed by atoms with van der Waals surface area (Å²) in [4.78, 5) is 0. The summed E-state index contributed by atoms with van der Waals surface area (Å²) in [6.45, 7) is 1.80. The molecule has 1 atom stereocenters. The van der Waals surface area contributed by atoms with Gasteiger partial charge >= 0.3 is 0 Å². The van der Waals surface area contributed by atoms with Crippen molar-refractivity contribution >= 4 is 34.9 Å². The zero-order valence-corrected chi connectivity index (χ0v) is 10.5. The third-order valence-corrected chi connectivity index (χ3v) is 4.88. The van der Waals surface area contributed by atoms with Crippen LogP contribution in [-0.2, 0) is 0 Å². The molecule has 7 heteroatoms. The lowest BCUT2D eigenvalue weighted by atomic mass is 10.1.